The summed E-state index contributed by atoms with van der Waals surface area (Å²) in [5, 5.41) is 13.4. The molecule has 1 aromatic carbocycles. The van der Waals surface area contributed by atoms with Crippen LogP contribution in [0.1, 0.15) is 54.6 Å². The third-order valence-electron chi connectivity index (χ3n) is 7.61. The standard InChI is InChI=1S/C24H25ClF4N4O3/c25-15-2-1-14(19(26)10-15)11-32-20-12-31(6-5-18(20)22(30-32)24(27,28)29)21(34)9-13-7-16-3-4-17(8-13)33(16)23(35)36/h1-2,10,13,16-17H,3-9,11-12H2,(H,35,36). The van der Waals surface area contributed by atoms with Crippen molar-refractivity contribution in [1.82, 2.24) is 19.6 Å². The van der Waals surface area contributed by atoms with Crippen molar-refractivity contribution >= 4 is 23.6 Å². The fourth-order valence-corrected chi connectivity index (χ4v) is 6.17. The quantitative estimate of drug-likeness (QED) is 0.570. The van der Waals surface area contributed by atoms with Crippen LogP contribution in [0, 0.1) is 11.7 Å². The highest BCUT2D eigenvalue weighted by molar-refractivity contribution is 6.30. The Balaban J connectivity index is 1.34. The first kappa shape index (κ1) is 24.9. The summed E-state index contributed by atoms with van der Waals surface area (Å²) < 4.78 is 56.6. The number of piperidine rings is 1. The lowest BCUT2D eigenvalue weighted by Gasteiger charge is -2.38. The van der Waals surface area contributed by atoms with Crippen molar-refractivity contribution in [3.63, 3.8) is 0 Å². The third kappa shape index (κ3) is 4.65. The van der Waals surface area contributed by atoms with Crippen LogP contribution < -0.4 is 0 Å². The monoisotopic (exact) mass is 528 g/mol. The largest absolute Gasteiger partial charge is 0.465 e. The Morgan fingerprint density at radius 2 is 1.86 bits per heavy atom. The maximum atomic E-state index is 14.4. The number of amides is 2. The van der Waals surface area contributed by atoms with Gasteiger partial charge in [0.1, 0.15) is 5.82 Å². The van der Waals surface area contributed by atoms with Crippen molar-refractivity contribution in [2.75, 3.05) is 6.54 Å². The van der Waals surface area contributed by atoms with Crippen LogP contribution in [-0.2, 0) is 30.5 Å². The van der Waals surface area contributed by atoms with Crippen LogP contribution in [0.2, 0.25) is 5.02 Å². The van der Waals surface area contributed by atoms with Crippen molar-refractivity contribution in [1.29, 1.82) is 0 Å². The molecule has 3 aliphatic heterocycles. The molecule has 4 heterocycles. The van der Waals surface area contributed by atoms with Crippen molar-refractivity contribution in [2.45, 2.75) is 69.9 Å². The van der Waals surface area contributed by atoms with Gasteiger partial charge in [-0.25, -0.2) is 9.18 Å². The first-order valence-corrected chi connectivity index (χ1v) is 12.3. The normalized spacial score (nSPS) is 23.6. The lowest BCUT2D eigenvalue weighted by Crippen LogP contribution is -2.47. The highest BCUT2D eigenvalue weighted by Gasteiger charge is 2.45. The number of nitrogens with zero attached hydrogens (tertiary/aromatic N) is 4. The minimum Gasteiger partial charge on any atom is -0.465 e. The summed E-state index contributed by atoms with van der Waals surface area (Å²) in [5.74, 6) is -0.787. The zero-order valence-corrected chi connectivity index (χ0v) is 20.0. The van der Waals surface area contributed by atoms with Gasteiger partial charge in [-0.1, -0.05) is 17.7 Å². The number of carbonyl (C=O) groups is 2. The van der Waals surface area contributed by atoms with Gasteiger partial charge in [0.2, 0.25) is 5.91 Å². The second-order valence-corrected chi connectivity index (χ2v) is 10.3. The van der Waals surface area contributed by atoms with Gasteiger partial charge in [-0.05, 0) is 50.2 Å². The average molecular weight is 529 g/mol. The number of benzene rings is 1. The molecular weight excluding hydrogens is 504 g/mol. The van der Waals surface area contributed by atoms with Crippen LogP contribution in [-0.4, -0.2) is 55.3 Å². The number of carboxylic acid groups (broad SMARTS) is 1. The van der Waals surface area contributed by atoms with E-state index in [4.69, 9.17) is 11.6 Å². The lowest BCUT2D eigenvalue weighted by atomic mass is 9.87. The second-order valence-electron chi connectivity index (χ2n) is 9.85. The Hall–Kier alpha value is -2.82. The third-order valence-corrected chi connectivity index (χ3v) is 7.85. The number of hydrogen-bond acceptors (Lipinski definition) is 3. The molecule has 1 N–H and O–H groups in total. The molecule has 2 amide bonds. The molecule has 36 heavy (non-hydrogen) atoms. The topological polar surface area (TPSA) is 78.7 Å². The maximum Gasteiger partial charge on any atom is 0.435 e. The molecule has 5 rings (SSSR count). The van der Waals surface area contributed by atoms with Crippen molar-refractivity contribution in [2.24, 2.45) is 5.92 Å². The molecule has 2 fully saturated rings. The van der Waals surface area contributed by atoms with Gasteiger partial charge in [-0.2, -0.15) is 18.3 Å². The van der Waals surface area contributed by atoms with Gasteiger partial charge in [-0.15, -0.1) is 0 Å². The van der Waals surface area contributed by atoms with Crippen molar-refractivity contribution < 1.29 is 32.3 Å². The Labute approximate surface area is 209 Å². The lowest BCUT2D eigenvalue weighted by molar-refractivity contribution is -0.142. The molecular formula is C24H25ClF4N4O3. The summed E-state index contributed by atoms with van der Waals surface area (Å²) in [6, 6.07) is 3.78. The van der Waals surface area contributed by atoms with Gasteiger partial charge in [-0.3, -0.25) is 9.48 Å². The summed E-state index contributed by atoms with van der Waals surface area (Å²) in [6.45, 7) is -0.134. The fraction of sp³-hybridized carbons (Fsp3) is 0.542. The van der Waals surface area contributed by atoms with E-state index in [-0.39, 0.29) is 78.2 Å². The van der Waals surface area contributed by atoms with Crippen molar-refractivity contribution in [3.8, 4) is 0 Å². The molecule has 0 radical (unpaired) electrons. The molecule has 2 unspecified atom stereocenters. The molecule has 0 spiro atoms. The molecule has 2 saturated heterocycles. The van der Waals surface area contributed by atoms with Crippen LogP contribution in [0.4, 0.5) is 22.4 Å². The van der Waals surface area contributed by atoms with E-state index in [1.54, 1.807) is 0 Å². The molecule has 194 valence electrons. The van der Waals surface area contributed by atoms with Gasteiger partial charge in [0, 0.05) is 41.2 Å². The molecule has 2 aromatic rings. The molecule has 0 saturated carbocycles. The molecule has 0 aliphatic carbocycles. The first-order chi connectivity index (χ1) is 17.0. The Bertz CT molecular complexity index is 1190. The first-order valence-electron chi connectivity index (χ1n) is 11.9. The SMILES string of the molecule is O=C(CC1CC2CCC(C1)N2C(=O)O)N1CCc2c(C(F)(F)F)nn(Cc3ccc(Cl)cc3F)c2C1. The summed E-state index contributed by atoms with van der Waals surface area (Å²) in [6.07, 6.45) is -2.58. The minimum absolute atomic E-state index is 0.00171. The zero-order valence-electron chi connectivity index (χ0n) is 19.3. The minimum atomic E-state index is -4.67. The van der Waals surface area contributed by atoms with Gasteiger partial charge in [0.25, 0.3) is 0 Å². The van der Waals surface area contributed by atoms with E-state index in [0.717, 1.165) is 23.6 Å². The van der Waals surface area contributed by atoms with Crippen LogP contribution in [0.3, 0.4) is 0 Å². The van der Waals surface area contributed by atoms with Crippen LogP contribution in [0.25, 0.3) is 0 Å². The summed E-state index contributed by atoms with van der Waals surface area (Å²) in [5.41, 5.74) is -0.579. The molecule has 12 heteroatoms. The molecule has 2 bridgehead atoms. The van der Waals surface area contributed by atoms with Crippen LogP contribution in [0.5, 0.6) is 0 Å². The van der Waals surface area contributed by atoms with E-state index < -0.39 is 23.8 Å². The number of hydrogen-bond donors (Lipinski definition) is 1. The van der Waals surface area contributed by atoms with E-state index in [2.05, 4.69) is 5.10 Å². The Kier molecular flexibility index (Phi) is 6.38. The predicted octanol–water partition coefficient (Wildman–Crippen LogP) is 4.94. The summed E-state index contributed by atoms with van der Waals surface area (Å²) in [4.78, 5) is 27.7. The number of alkyl halides is 3. The van der Waals surface area contributed by atoms with Gasteiger partial charge in [0.15, 0.2) is 5.69 Å². The van der Waals surface area contributed by atoms with Gasteiger partial charge >= 0.3 is 12.3 Å². The number of carbonyl (C=O) groups excluding carboxylic acids is 1. The predicted molar refractivity (Wildman–Crippen MR) is 121 cm³/mol. The van der Waals surface area contributed by atoms with Crippen LogP contribution in [0.15, 0.2) is 18.2 Å². The van der Waals surface area contributed by atoms with Gasteiger partial charge in [0.05, 0.1) is 18.8 Å². The smallest absolute Gasteiger partial charge is 0.435 e. The van der Waals surface area contributed by atoms with Crippen molar-refractivity contribution in [3.05, 3.63) is 51.6 Å². The average Bonchev–Trinajstić information content (AvgIpc) is 3.30. The number of rotatable bonds is 4. The van der Waals surface area contributed by atoms with E-state index in [9.17, 15) is 32.3 Å². The second kappa shape index (κ2) is 9.24. The highest BCUT2D eigenvalue weighted by atomic mass is 35.5. The van der Waals surface area contributed by atoms with E-state index in [1.807, 2.05) is 0 Å². The number of fused-ring (bicyclic) bond motifs is 3. The number of aromatic nitrogens is 2. The molecule has 2 atom stereocenters. The highest BCUT2D eigenvalue weighted by Crippen LogP contribution is 2.41. The maximum absolute atomic E-state index is 14.4. The van der Waals surface area contributed by atoms with E-state index >= 15 is 0 Å². The molecule has 3 aliphatic rings. The van der Waals surface area contributed by atoms with Gasteiger partial charge < -0.3 is 14.9 Å². The summed E-state index contributed by atoms with van der Waals surface area (Å²) in [7, 11) is 0. The molecule has 1 aromatic heterocycles. The van der Waals surface area contributed by atoms with Crippen LogP contribution >= 0.6 is 11.6 Å². The number of halogens is 5. The fourth-order valence-electron chi connectivity index (χ4n) is 6.01. The van der Waals surface area contributed by atoms with E-state index in [1.165, 1.54) is 21.9 Å². The van der Waals surface area contributed by atoms with E-state index in [0.29, 0.717) is 12.8 Å². The Morgan fingerprint density at radius 3 is 2.47 bits per heavy atom. The summed E-state index contributed by atoms with van der Waals surface area (Å²) >= 11 is 5.79. The molecule has 7 nitrogen and oxygen atoms in total. The zero-order chi connectivity index (χ0) is 25.8. The Morgan fingerprint density at radius 1 is 1.17 bits per heavy atom.